The predicted molar refractivity (Wildman–Crippen MR) is 39.8 cm³/mol. The lowest BCUT2D eigenvalue weighted by molar-refractivity contribution is -0.118. The third kappa shape index (κ3) is 4.32. The number of hydrogen-bond donors (Lipinski definition) is 0. The molecule has 0 saturated carbocycles. The van der Waals surface area contributed by atoms with E-state index in [0.717, 1.165) is 32.5 Å². The number of ether oxygens (including phenoxy) is 1. The Kier molecular flexibility index (Phi) is 6.18. The Morgan fingerprint density at radius 2 is 2.30 bits per heavy atom. The number of rotatable bonds is 6. The van der Waals surface area contributed by atoms with Crippen LogP contribution in [-0.4, -0.2) is 38.1 Å². The van der Waals surface area contributed by atoms with E-state index in [9.17, 15) is 4.79 Å². The second-order valence-electron chi connectivity index (χ2n) is 2.08. The van der Waals surface area contributed by atoms with Crippen molar-refractivity contribution in [3.05, 3.63) is 0 Å². The topological polar surface area (TPSA) is 29.5 Å². The van der Waals surface area contributed by atoms with Gasteiger partial charge in [-0.05, 0) is 13.3 Å². The molecule has 3 heteroatoms. The minimum Gasteiger partial charge on any atom is -0.385 e. The van der Waals surface area contributed by atoms with Crippen LogP contribution >= 0.6 is 0 Å². The molecule has 0 N–H and O–H groups in total. The molecule has 0 aromatic rings. The van der Waals surface area contributed by atoms with Crippen LogP contribution in [0.4, 0.5) is 0 Å². The first-order chi connectivity index (χ1) is 4.85. The highest BCUT2D eigenvalue weighted by Crippen LogP contribution is 1.86. The minimum atomic E-state index is 0.727. The Bertz CT molecular complexity index is 85.7. The van der Waals surface area contributed by atoms with Gasteiger partial charge in [-0.15, -0.1) is 0 Å². The summed E-state index contributed by atoms with van der Waals surface area (Å²) in [5.41, 5.74) is 0. The Morgan fingerprint density at radius 1 is 1.60 bits per heavy atom. The summed E-state index contributed by atoms with van der Waals surface area (Å²) in [4.78, 5) is 11.9. The molecule has 0 radical (unpaired) electrons. The fourth-order valence-corrected chi connectivity index (χ4v) is 0.697. The van der Waals surface area contributed by atoms with Crippen molar-refractivity contribution in [2.75, 3.05) is 26.8 Å². The number of carbonyl (C=O) groups is 1. The van der Waals surface area contributed by atoms with E-state index in [1.165, 1.54) is 0 Å². The van der Waals surface area contributed by atoms with Gasteiger partial charge in [-0.1, -0.05) is 0 Å². The van der Waals surface area contributed by atoms with Gasteiger partial charge in [-0.2, -0.15) is 0 Å². The maximum Gasteiger partial charge on any atom is 0.209 e. The van der Waals surface area contributed by atoms with Crippen LogP contribution in [0.2, 0.25) is 0 Å². The molecule has 0 aliphatic rings. The summed E-state index contributed by atoms with van der Waals surface area (Å²) in [6.45, 7) is 4.27. The lowest BCUT2D eigenvalue weighted by Crippen LogP contribution is -2.23. The van der Waals surface area contributed by atoms with Gasteiger partial charge in [0, 0.05) is 26.8 Å². The highest BCUT2D eigenvalue weighted by atomic mass is 16.5. The molecule has 0 fully saturated rings. The molecule has 10 heavy (non-hydrogen) atoms. The van der Waals surface area contributed by atoms with Crippen LogP contribution in [-0.2, 0) is 9.53 Å². The average molecular weight is 145 g/mol. The Labute approximate surface area is 62.0 Å². The van der Waals surface area contributed by atoms with Gasteiger partial charge in [-0.25, -0.2) is 0 Å². The molecule has 0 aromatic carbocycles. The van der Waals surface area contributed by atoms with Crippen LogP contribution in [0.5, 0.6) is 0 Å². The third-order valence-electron chi connectivity index (χ3n) is 1.35. The smallest absolute Gasteiger partial charge is 0.209 e. The van der Waals surface area contributed by atoms with Gasteiger partial charge < -0.3 is 9.64 Å². The van der Waals surface area contributed by atoms with Crippen molar-refractivity contribution < 1.29 is 9.53 Å². The van der Waals surface area contributed by atoms with Gasteiger partial charge in [-0.3, -0.25) is 4.79 Å². The fraction of sp³-hybridized carbons (Fsp3) is 0.857. The first-order valence-corrected chi connectivity index (χ1v) is 3.53. The summed E-state index contributed by atoms with van der Waals surface area (Å²) in [5.74, 6) is 0. The number of amides is 1. The highest BCUT2D eigenvalue weighted by Gasteiger charge is 1.95. The van der Waals surface area contributed by atoms with E-state index < -0.39 is 0 Å². The van der Waals surface area contributed by atoms with Crippen molar-refractivity contribution in [2.24, 2.45) is 0 Å². The molecule has 0 atom stereocenters. The zero-order chi connectivity index (χ0) is 7.82. The van der Waals surface area contributed by atoms with Crippen LogP contribution in [0.1, 0.15) is 13.3 Å². The van der Waals surface area contributed by atoms with Gasteiger partial charge >= 0.3 is 0 Å². The Morgan fingerprint density at radius 3 is 2.70 bits per heavy atom. The van der Waals surface area contributed by atoms with Gasteiger partial charge in [0.25, 0.3) is 0 Å². The van der Waals surface area contributed by atoms with Crippen molar-refractivity contribution in [3.63, 3.8) is 0 Å². The SMILES string of the molecule is CCN(C=O)CCCOC. The number of nitrogens with zero attached hydrogens (tertiary/aromatic N) is 1. The molecule has 0 unspecified atom stereocenters. The van der Waals surface area contributed by atoms with Gasteiger partial charge in [0.05, 0.1) is 0 Å². The molecule has 1 amide bonds. The van der Waals surface area contributed by atoms with Crippen molar-refractivity contribution >= 4 is 6.41 Å². The minimum absolute atomic E-state index is 0.727. The highest BCUT2D eigenvalue weighted by molar-refractivity contribution is 5.46. The van der Waals surface area contributed by atoms with Crippen LogP contribution < -0.4 is 0 Å². The van der Waals surface area contributed by atoms with Gasteiger partial charge in [0.15, 0.2) is 0 Å². The summed E-state index contributed by atoms with van der Waals surface area (Å²) in [5, 5.41) is 0. The van der Waals surface area contributed by atoms with Crippen LogP contribution in [0.3, 0.4) is 0 Å². The summed E-state index contributed by atoms with van der Waals surface area (Å²) >= 11 is 0. The van der Waals surface area contributed by atoms with E-state index in [1.807, 2.05) is 6.92 Å². The molecule has 0 rings (SSSR count). The largest absolute Gasteiger partial charge is 0.385 e. The molecular formula is C7H15NO2. The van der Waals surface area contributed by atoms with E-state index >= 15 is 0 Å². The van der Waals surface area contributed by atoms with Crippen molar-refractivity contribution in [1.29, 1.82) is 0 Å². The zero-order valence-electron chi connectivity index (χ0n) is 6.67. The molecule has 60 valence electrons. The van der Waals surface area contributed by atoms with Crippen molar-refractivity contribution in [3.8, 4) is 0 Å². The molecule has 0 spiro atoms. The number of hydrogen-bond acceptors (Lipinski definition) is 2. The molecule has 0 heterocycles. The summed E-state index contributed by atoms with van der Waals surface area (Å²) in [6.07, 6.45) is 1.79. The summed E-state index contributed by atoms with van der Waals surface area (Å²) in [6, 6.07) is 0. The maximum atomic E-state index is 10.2. The maximum absolute atomic E-state index is 10.2. The van der Waals surface area contributed by atoms with E-state index in [0.29, 0.717) is 0 Å². The average Bonchev–Trinajstić information content (AvgIpc) is 1.99. The van der Waals surface area contributed by atoms with E-state index in [-0.39, 0.29) is 0 Å². The molecule has 0 saturated heterocycles. The van der Waals surface area contributed by atoms with E-state index in [1.54, 1.807) is 12.0 Å². The lowest BCUT2D eigenvalue weighted by atomic mass is 10.4. The van der Waals surface area contributed by atoms with E-state index in [4.69, 9.17) is 4.74 Å². The van der Waals surface area contributed by atoms with Crippen molar-refractivity contribution in [1.82, 2.24) is 4.90 Å². The molecule has 0 aromatic heterocycles. The quantitative estimate of drug-likeness (QED) is 0.402. The Balaban J connectivity index is 3.17. The second kappa shape index (κ2) is 6.55. The number of methoxy groups -OCH3 is 1. The standard InChI is InChI=1S/C7H15NO2/c1-3-8(7-9)5-4-6-10-2/h7H,3-6H2,1-2H3. The lowest BCUT2D eigenvalue weighted by Gasteiger charge is -2.13. The van der Waals surface area contributed by atoms with Crippen molar-refractivity contribution in [2.45, 2.75) is 13.3 Å². The van der Waals surface area contributed by atoms with E-state index in [2.05, 4.69) is 0 Å². The number of carbonyl (C=O) groups excluding carboxylic acids is 1. The van der Waals surface area contributed by atoms with Crippen LogP contribution in [0.25, 0.3) is 0 Å². The summed E-state index contributed by atoms with van der Waals surface area (Å²) < 4.78 is 4.84. The normalized spacial score (nSPS) is 9.40. The summed E-state index contributed by atoms with van der Waals surface area (Å²) in [7, 11) is 1.66. The molecular weight excluding hydrogens is 130 g/mol. The van der Waals surface area contributed by atoms with Crippen LogP contribution in [0, 0.1) is 0 Å². The second-order valence-corrected chi connectivity index (χ2v) is 2.08. The monoisotopic (exact) mass is 145 g/mol. The predicted octanol–water partition coefficient (Wildman–Crippen LogP) is 0.501. The third-order valence-corrected chi connectivity index (χ3v) is 1.35. The van der Waals surface area contributed by atoms with Gasteiger partial charge in [0.1, 0.15) is 0 Å². The molecule has 0 aliphatic carbocycles. The first kappa shape index (κ1) is 9.43. The van der Waals surface area contributed by atoms with Gasteiger partial charge in [0.2, 0.25) is 6.41 Å². The zero-order valence-corrected chi connectivity index (χ0v) is 6.67. The molecule has 0 aliphatic heterocycles. The van der Waals surface area contributed by atoms with Crippen LogP contribution in [0.15, 0.2) is 0 Å². The first-order valence-electron chi connectivity index (χ1n) is 3.53. The molecule has 3 nitrogen and oxygen atoms in total. The molecule has 0 bridgehead atoms. The Hall–Kier alpha value is -0.570. The fourth-order valence-electron chi connectivity index (χ4n) is 0.697.